The number of carbonyl (C=O) groups excluding carboxylic acids is 2. The Morgan fingerprint density at radius 2 is 2.12 bits per heavy atom. The summed E-state index contributed by atoms with van der Waals surface area (Å²) in [5.41, 5.74) is 0. The maximum Gasteiger partial charge on any atom is 0.328 e. The molecule has 0 N–H and O–H groups in total. The average Bonchev–Trinajstić information content (AvgIpc) is 2.35. The molecule has 0 aromatic heterocycles. The quantitative estimate of drug-likeness (QED) is 0.662. The molecule has 0 aliphatic carbocycles. The molecule has 0 bridgehead atoms. The molecule has 16 heavy (non-hydrogen) atoms. The number of hydrogen-bond acceptors (Lipinski definition) is 4. The molecular weight excluding hydrogens is 210 g/mol. The average molecular weight is 229 g/mol. The highest BCUT2D eigenvalue weighted by Gasteiger charge is 2.32. The van der Waals surface area contributed by atoms with E-state index in [0.717, 1.165) is 12.8 Å². The van der Waals surface area contributed by atoms with Crippen LogP contribution < -0.4 is 0 Å². The van der Waals surface area contributed by atoms with E-state index < -0.39 is 6.04 Å². The van der Waals surface area contributed by atoms with E-state index in [1.807, 2.05) is 6.92 Å². The molecule has 1 fully saturated rings. The van der Waals surface area contributed by atoms with E-state index in [1.54, 1.807) is 4.90 Å². The van der Waals surface area contributed by atoms with Crippen molar-refractivity contribution in [2.45, 2.75) is 32.2 Å². The fraction of sp³-hybridized carbons (Fsp3) is 0.818. The highest BCUT2D eigenvalue weighted by molar-refractivity contribution is 5.85. The zero-order valence-electron chi connectivity index (χ0n) is 9.90. The number of nitrogens with zero attached hydrogens (tertiary/aromatic N) is 1. The monoisotopic (exact) mass is 229 g/mol. The van der Waals surface area contributed by atoms with Gasteiger partial charge in [-0.1, -0.05) is 0 Å². The molecule has 1 aliphatic heterocycles. The van der Waals surface area contributed by atoms with Gasteiger partial charge in [-0.3, -0.25) is 4.79 Å². The molecule has 1 heterocycles. The fourth-order valence-corrected chi connectivity index (χ4v) is 1.88. The van der Waals surface area contributed by atoms with E-state index in [9.17, 15) is 9.59 Å². The SMILES string of the molecule is CCOCC(=O)N1CCCC[C@H]1C(=O)OC. The number of esters is 1. The Hall–Kier alpha value is -1.10. The molecule has 1 rings (SSSR count). The van der Waals surface area contributed by atoms with Crippen LogP contribution in [0.15, 0.2) is 0 Å². The summed E-state index contributed by atoms with van der Waals surface area (Å²) in [5, 5.41) is 0. The van der Waals surface area contributed by atoms with Crippen LogP contribution in [0.2, 0.25) is 0 Å². The van der Waals surface area contributed by atoms with Gasteiger partial charge in [-0.25, -0.2) is 4.79 Å². The lowest BCUT2D eigenvalue weighted by Gasteiger charge is -2.33. The third-order valence-electron chi connectivity index (χ3n) is 2.73. The van der Waals surface area contributed by atoms with Crippen LogP contribution in [-0.4, -0.2) is 49.7 Å². The van der Waals surface area contributed by atoms with Crippen LogP contribution in [0.25, 0.3) is 0 Å². The second-order valence-electron chi connectivity index (χ2n) is 3.76. The topological polar surface area (TPSA) is 55.8 Å². The molecule has 5 heteroatoms. The number of ether oxygens (including phenoxy) is 2. The second kappa shape index (κ2) is 6.48. The van der Waals surface area contributed by atoms with E-state index in [-0.39, 0.29) is 18.5 Å². The lowest BCUT2D eigenvalue weighted by Crippen LogP contribution is -2.49. The molecule has 1 aliphatic rings. The molecule has 0 aromatic rings. The van der Waals surface area contributed by atoms with Crippen LogP contribution in [-0.2, 0) is 19.1 Å². The van der Waals surface area contributed by atoms with Crippen LogP contribution in [0.1, 0.15) is 26.2 Å². The molecule has 0 saturated carbocycles. The van der Waals surface area contributed by atoms with Gasteiger partial charge in [0.1, 0.15) is 12.6 Å². The van der Waals surface area contributed by atoms with Crippen LogP contribution in [0.4, 0.5) is 0 Å². The molecule has 0 spiro atoms. The van der Waals surface area contributed by atoms with Gasteiger partial charge in [0, 0.05) is 13.2 Å². The molecule has 1 amide bonds. The van der Waals surface area contributed by atoms with Gasteiger partial charge in [0.15, 0.2) is 0 Å². The Labute approximate surface area is 95.7 Å². The van der Waals surface area contributed by atoms with Crippen molar-refractivity contribution in [3.8, 4) is 0 Å². The molecule has 0 unspecified atom stereocenters. The number of likely N-dealkylation sites (tertiary alicyclic amines) is 1. The predicted octanol–water partition coefficient (Wildman–Crippen LogP) is 0.577. The van der Waals surface area contributed by atoms with E-state index in [0.29, 0.717) is 19.6 Å². The van der Waals surface area contributed by atoms with Crippen molar-refractivity contribution in [3.63, 3.8) is 0 Å². The van der Waals surface area contributed by atoms with Gasteiger partial charge in [-0.2, -0.15) is 0 Å². The van der Waals surface area contributed by atoms with Crippen molar-refractivity contribution in [1.29, 1.82) is 0 Å². The normalized spacial score (nSPS) is 20.6. The van der Waals surface area contributed by atoms with Crippen molar-refractivity contribution >= 4 is 11.9 Å². The minimum absolute atomic E-state index is 0.0456. The number of carbonyl (C=O) groups is 2. The fourth-order valence-electron chi connectivity index (χ4n) is 1.88. The first-order valence-electron chi connectivity index (χ1n) is 5.65. The summed E-state index contributed by atoms with van der Waals surface area (Å²) in [6.45, 7) is 3.00. The van der Waals surface area contributed by atoms with Gasteiger partial charge in [0.05, 0.1) is 7.11 Å². The lowest BCUT2D eigenvalue weighted by molar-refractivity contribution is -0.156. The van der Waals surface area contributed by atoms with Crippen molar-refractivity contribution in [2.24, 2.45) is 0 Å². The largest absolute Gasteiger partial charge is 0.467 e. The third-order valence-corrected chi connectivity index (χ3v) is 2.73. The highest BCUT2D eigenvalue weighted by atomic mass is 16.5. The molecule has 1 saturated heterocycles. The minimum atomic E-state index is -0.424. The van der Waals surface area contributed by atoms with Crippen molar-refractivity contribution in [3.05, 3.63) is 0 Å². The Balaban J connectivity index is 2.59. The standard InChI is InChI=1S/C11H19NO4/c1-3-16-8-10(13)12-7-5-4-6-9(12)11(14)15-2/h9H,3-8H2,1-2H3/t9-/m0/s1. The summed E-state index contributed by atoms with van der Waals surface area (Å²) >= 11 is 0. The number of hydrogen-bond donors (Lipinski definition) is 0. The highest BCUT2D eigenvalue weighted by Crippen LogP contribution is 2.18. The maximum atomic E-state index is 11.8. The molecule has 0 aromatic carbocycles. The van der Waals surface area contributed by atoms with Crippen molar-refractivity contribution in [1.82, 2.24) is 4.90 Å². The predicted molar refractivity (Wildman–Crippen MR) is 57.9 cm³/mol. The second-order valence-corrected chi connectivity index (χ2v) is 3.76. The Kier molecular flexibility index (Phi) is 5.25. The first-order valence-corrected chi connectivity index (χ1v) is 5.65. The van der Waals surface area contributed by atoms with Crippen LogP contribution in [0.5, 0.6) is 0 Å². The number of methoxy groups -OCH3 is 1. The zero-order valence-corrected chi connectivity index (χ0v) is 9.90. The Morgan fingerprint density at radius 1 is 1.38 bits per heavy atom. The van der Waals surface area contributed by atoms with Crippen LogP contribution >= 0.6 is 0 Å². The van der Waals surface area contributed by atoms with E-state index in [4.69, 9.17) is 9.47 Å². The molecule has 0 radical (unpaired) electrons. The van der Waals surface area contributed by atoms with Gasteiger partial charge >= 0.3 is 5.97 Å². The summed E-state index contributed by atoms with van der Waals surface area (Å²) in [7, 11) is 1.35. The molecule has 5 nitrogen and oxygen atoms in total. The molecule has 1 atom stereocenters. The van der Waals surface area contributed by atoms with E-state index >= 15 is 0 Å². The summed E-state index contributed by atoms with van der Waals surface area (Å²) in [6, 6.07) is -0.424. The first-order chi connectivity index (χ1) is 7.70. The van der Waals surface area contributed by atoms with Gasteiger partial charge in [-0.15, -0.1) is 0 Å². The molecule has 92 valence electrons. The van der Waals surface area contributed by atoms with Gasteiger partial charge < -0.3 is 14.4 Å². The summed E-state index contributed by atoms with van der Waals surface area (Å²) in [4.78, 5) is 24.9. The Bertz CT molecular complexity index is 254. The van der Waals surface area contributed by atoms with Gasteiger partial charge in [0.25, 0.3) is 0 Å². The molecular formula is C11H19NO4. The summed E-state index contributed by atoms with van der Waals surface area (Å²) < 4.78 is 9.77. The smallest absolute Gasteiger partial charge is 0.328 e. The van der Waals surface area contributed by atoms with Gasteiger partial charge in [-0.05, 0) is 26.2 Å². The number of amides is 1. The summed E-state index contributed by atoms with van der Waals surface area (Å²) in [5.74, 6) is -0.457. The maximum absolute atomic E-state index is 11.8. The lowest BCUT2D eigenvalue weighted by atomic mass is 10.0. The van der Waals surface area contributed by atoms with Crippen LogP contribution in [0, 0.1) is 0 Å². The van der Waals surface area contributed by atoms with E-state index in [2.05, 4.69) is 0 Å². The van der Waals surface area contributed by atoms with E-state index in [1.165, 1.54) is 7.11 Å². The van der Waals surface area contributed by atoms with Crippen molar-refractivity contribution in [2.75, 3.05) is 26.9 Å². The number of rotatable bonds is 4. The van der Waals surface area contributed by atoms with Crippen molar-refractivity contribution < 1.29 is 19.1 Å². The summed E-state index contributed by atoms with van der Waals surface area (Å²) in [6.07, 6.45) is 2.58. The van der Waals surface area contributed by atoms with Gasteiger partial charge in [0.2, 0.25) is 5.91 Å². The van der Waals surface area contributed by atoms with Crippen LogP contribution in [0.3, 0.4) is 0 Å². The third kappa shape index (κ3) is 3.20. The number of piperidine rings is 1. The first kappa shape index (κ1) is 13.0. The minimum Gasteiger partial charge on any atom is -0.467 e. The zero-order chi connectivity index (χ0) is 12.0. The Morgan fingerprint density at radius 3 is 2.75 bits per heavy atom.